The van der Waals surface area contributed by atoms with Gasteiger partial charge in [-0.3, -0.25) is 14.5 Å². The summed E-state index contributed by atoms with van der Waals surface area (Å²) in [6.07, 6.45) is 3.75. The van der Waals surface area contributed by atoms with Crippen LogP contribution in [0.5, 0.6) is 5.75 Å². The third-order valence-electron chi connectivity index (χ3n) is 6.92. The zero-order valence-electron chi connectivity index (χ0n) is 21.5. The molecule has 7 heteroatoms. The molecule has 0 bridgehead atoms. The number of aromatic nitrogens is 1. The van der Waals surface area contributed by atoms with E-state index < -0.39 is 0 Å². The molecule has 0 N–H and O–H groups in total. The molecule has 0 unspecified atom stereocenters. The van der Waals surface area contributed by atoms with Crippen molar-refractivity contribution >= 4 is 33.4 Å². The standard InChI is InChI=1S/C31H30BrN3O3/c1-3-4-19-33(31(37)24-10-5-6-11-25(24)32)21-29(36)35-27-13-8-7-12-26(27)34-20-9-14-28(34)30(35)22-15-17-23(38-2)18-16-22/h5-18,20,30H,3-4,19,21H2,1-2H3/t30-/m0/s1. The Morgan fingerprint density at radius 3 is 2.34 bits per heavy atom. The van der Waals surface area contributed by atoms with Gasteiger partial charge in [0.15, 0.2) is 0 Å². The summed E-state index contributed by atoms with van der Waals surface area (Å²) in [5.74, 6) is 0.458. The number of fused-ring (bicyclic) bond motifs is 3. The fraction of sp³-hybridized carbons (Fsp3) is 0.226. The van der Waals surface area contributed by atoms with E-state index in [4.69, 9.17) is 4.74 Å². The molecule has 0 saturated heterocycles. The van der Waals surface area contributed by atoms with Gasteiger partial charge >= 0.3 is 0 Å². The van der Waals surface area contributed by atoms with Crippen molar-refractivity contribution in [1.82, 2.24) is 9.47 Å². The number of methoxy groups -OCH3 is 1. The summed E-state index contributed by atoms with van der Waals surface area (Å²) in [6.45, 7) is 2.56. The Bertz CT molecular complexity index is 1450. The van der Waals surface area contributed by atoms with Gasteiger partial charge in [0.25, 0.3) is 5.91 Å². The highest BCUT2D eigenvalue weighted by Gasteiger charge is 2.37. The maximum atomic E-state index is 14.3. The second-order valence-corrected chi connectivity index (χ2v) is 10.1. The minimum atomic E-state index is -0.357. The molecule has 0 radical (unpaired) electrons. The average Bonchev–Trinajstić information content (AvgIpc) is 3.44. The van der Waals surface area contributed by atoms with Gasteiger partial charge in [0, 0.05) is 17.2 Å². The molecule has 4 aromatic rings. The van der Waals surface area contributed by atoms with E-state index in [2.05, 4.69) is 27.4 Å². The molecular weight excluding hydrogens is 542 g/mol. The fourth-order valence-electron chi connectivity index (χ4n) is 5.01. The Morgan fingerprint density at radius 1 is 0.921 bits per heavy atom. The zero-order valence-corrected chi connectivity index (χ0v) is 23.1. The third kappa shape index (κ3) is 4.86. The smallest absolute Gasteiger partial charge is 0.255 e. The number of hydrogen-bond donors (Lipinski definition) is 0. The summed E-state index contributed by atoms with van der Waals surface area (Å²) < 4.78 is 8.23. The topological polar surface area (TPSA) is 54.8 Å². The number of hydrogen-bond acceptors (Lipinski definition) is 3. The highest BCUT2D eigenvalue weighted by Crippen LogP contribution is 2.42. The first-order valence-corrected chi connectivity index (χ1v) is 13.6. The van der Waals surface area contributed by atoms with Crippen LogP contribution in [0.15, 0.2) is 95.6 Å². The summed E-state index contributed by atoms with van der Waals surface area (Å²) in [7, 11) is 1.64. The molecule has 0 aliphatic carbocycles. The lowest BCUT2D eigenvalue weighted by Gasteiger charge is -2.39. The monoisotopic (exact) mass is 571 g/mol. The Balaban J connectivity index is 1.56. The lowest BCUT2D eigenvalue weighted by Crippen LogP contribution is -2.47. The Morgan fingerprint density at radius 2 is 1.63 bits per heavy atom. The number of amides is 2. The molecule has 6 nitrogen and oxygen atoms in total. The summed E-state index contributed by atoms with van der Waals surface area (Å²) in [5, 5.41) is 0. The number of anilines is 1. The van der Waals surface area contributed by atoms with Gasteiger partial charge in [-0.1, -0.05) is 49.7 Å². The van der Waals surface area contributed by atoms with Crippen LogP contribution in [-0.2, 0) is 4.79 Å². The van der Waals surface area contributed by atoms with Crippen LogP contribution < -0.4 is 9.64 Å². The van der Waals surface area contributed by atoms with Gasteiger partial charge in [-0.2, -0.15) is 0 Å². The van der Waals surface area contributed by atoms with E-state index in [1.807, 2.05) is 90.0 Å². The van der Waals surface area contributed by atoms with Crippen molar-refractivity contribution in [3.05, 3.63) is 112 Å². The van der Waals surface area contributed by atoms with Crippen LogP contribution in [0, 0.1) is 0 Å². The molecule has 3 aromatic carbocycles. The van der Waals surface area contributed by atoms with Gasteiger partial charge in [-0.25, -0.2) is 0 Å². The average molecular weight is 573 g/mol. The summed E-state index contributed by atoms with van der Waals surface area (Å²) in [4.78, 5) is 31.4. The summed E-state index contributed by atoms with van der Waals surface area (Å²) in [5.41, 5.74) is 4.25. The maximum absolute atomic E-state index is 14.3. The van der Waals surface area contributed by atoms with Crippen molar-refractivity contribution in [1.29, 1.82) is 0 Å². The number of nitrogens with zero attached hydrogens (tertiary/aromatic N) is 3. The van der Waals surface area contributed by atoms with E-state index in [0.29, 0.717) is 12.1 Å². The molecule has 1 aliphatic rings. The van der Waals surface area contributed by atoms with Crippen LogP contribution >= 0.6 is 15.9 Å². The first-order valence-electron chi connectivity index (χ1n) is 12.8. The van der Waals surface area contributed by atoms with Crippen LogP contribution in [0.3, 0.4) is 0 Å². The molecular formula is C31H30BrN3O3. The quantitative estimate of drug-likeness (QED) is 0.238. The number of carbonyl (C=O) groups excluding carboxylic acids is 2. The molecule has 2 amide bonds. The number of para-hydroxylation sites is 2. The van der Waals surface area contributed by atoms with E-state index in [1.54, 1.807) is 18.1 Å². The fourth-order valence-corrected chi connectivity index (χ4v) is 5.46. The normalized spacial score (nSPS) is 14.0. The van der Waals surface area contributed by atoms with E-state index in [9.17, 15) is 9.59 Å². The lowest BCUT2D eigenvalue weighted by molar-refractivity contribution is -0.119. The van der Waals surface area contributed by atoms with Crippen LogP contribution in [0.2, 0.25) is 0 Å². The predicted molar refractivity (Wildman–Crippen MR) is 153 cm³/mol. The molecule has 0 saturated carbocycles. The Kier molecular flexibility index (Phi) is 7.65. The maximum Gasteiger partial charge on any atom is 0.255 e. The van der Waals surface area contributed by atoms with Crippen molar-refractivity contribution < 1.29 is 14.3 Å². The Labute approximate surface area is 231 Å². The van der Waals surface area contributed by atoms with Gasteiger partial charge in [0.1, 0.15) is 18.3 Å². The summed E-state index contributed by atoms with van der Waals surface area (Å²) >= 11 is 3.51. The molecule has 1 aromatic heterocycles. The molecule has 5 rings (SSSR count). The molecule has 1 aliphatic heterocycles. The van der Waals surface area contributed by atoms with Crippen molar-refractivity contribution in [2.24, 2.45) is 0 Å². The van der Waals surface area contributed by atoms with Gasteiger partial charge in [-0.05, 0) is 76.4 Å². The van der Waals surface area contributed by atoms with Crippen molar-refractivity contribution in [3.63, 3.8) is 0 Å². The van der Waals surface area contributed by atoms with Crippen molar-refractivity contribution in [2.75, 3.05) is 25.1 Å². The third-order valence-corrected chi connectivity index (χ3v) is 7.61. The van der Waals surface area contributed by atoms with Crippen LogP contribution in [-0.4, -0.2) is 41.5 Å². The van der Waals surface area contributed by atoms with Crippen molar-refractivity contribution in [2.45, 2.75) is 25.8 Å². The number of rotatable bonds is 8. The molecule has 38 heavy (non-hydrogen) atoms. The van der Waals surface area contributed by atoms with Crippen LogP contribution in [0.25, 0.3) is 5.69 Å². The van der Waals surface area contributed by atoms with Crippen LogP contribution in [0.4, 0.5) is 5.69 Å². The van der Waals surface area contributed by atoms with E-state index >= 15 is 0 Å². The van der Waals surface area contributed by atoms with E-state index in [0.717, 1.165) is 45.7 Å². The minimum absolute atomic E-state index is 0.0259. The van der Waals surface area contributed by atoms with Crippen molar-refractivity contribution in [3.8, 4) is 11.4 Å². The molecule has 2 heterocycles. The minimum Gasteiger partial charge on any atom is -0.497 e. The van der Waals surface area contributed by atoms with E-state index in [-0.39, 0.29) is 24.4 Å². The predicted octanol–water partition coefficient (Wildman–Crippen LogP) is 6.63. The second kappa shape index (κ2) is 11.3. The SMILES string of the molecule is CCCCN(CC(=O)N1c2ccccc2-n2cccc2[C@@H]1c1ccc(OC)cc1)C(=O)c1ccccc1Br. The highest BCUT2D eigenvalue weighted by molar-refractivity contribution is 9.10. The number of benzene rings is 3. The largest absolute Gasteiger partial charge is 0.497 e. The molecule has 194 valence electrons. The Hall–Kier alpha value is -3.84. The molecule has 0 spiro atoms. The van der Waals surface area contributed by atoms with Gasteiger partial charge in [0.05, 0.1) is 29.7 Å². The zero-order chi connectivity index (χ0) is 26.6. The van der Waals surface area contributed by atoms with Gasteiger partial charge < -0.3 is 14.2 Å². The number of ether oxygens (including phenoxy) is 1. The summed E-state index contributed by atoms with van der Waals surface area (Å²) in [6, 6.07) is 26.8. The van der Waals surface area contributed by atoms with Gasteiger partial charge in [0.2, 0.25) is 5.91 Å². The number of carbonyl (C=O) groups is 2. The number of halogens is 1. The first kappa shape index (κ1) is 25.8. The first-order chi connectivity index (χ1) is 18.5. The lowest BCUT2D eigenvalue weighted by atomic mass is 9.97. The second-order valence-electron chi connectivity index (χ2n) is 9.29. The number of unbranched alkanes of at least 4 members (excludes halogenated alkanes) is 1. The molecule has 1 atom stereocenters. The molecule has 0 fully saturated rings. The van der Waals surface area contributed by atoms with Gasteiger partial charge in [-0.15, -0.1) is 0 Å². The van der Waals surface area contributed by atoms with E-state index in [1.165, 1.54) is 0 Å². The highest BCUT2D eigenvalue weighted by atomic mass is 79.9. The van der Waals surface area contributed by atoms with Crippen LogP contribution in [0.1, 0.15) is 47.4 Å².